The summed E-state index contributed by atoms with van der Waals surface area (Å²) in [6, 6.07) is 19.8. The van der Waals surface area contributed by atoms with E-state index in [9.17, 15) is 14.7 Å². The molecule has 0 bridgehead atoms. The average molecular weight is 384 g/mol. The Morgan fingerprint density at radius 2 is 1.11 bits per heavy atom. The molecule has 0 aliphatic rings. The average Bonchev–Trinajstić information content (AvgIpc) is 2.72. The molecule has 0 spiro atoms. The minimum atomic E-state index is -1.00. The van der Waals surface area contributed by atoms with Gasteiger partial charge in [0.1, 0.15) is 19.3 Å². The maximum Gasteiger partial charge on any atom is 0.305 e. The maximum atomic E-state index is 11.7. The summed E-state index contributed by atoms with van der Waals surface area (Å²) in [7, 11) is 0. The number of benzene rings is 2. The van der Waals surface area contributed by atoms with Crippen molar-refractivity contribution in [2.24, 2.45) is 0 Å². The Bertz CT molecular complexity index is 638. The zero-order valence-electron chi connectivity index (χ0n) is 16.1. The van der Waals surface area contributed by atoms with Crippen LogP contribution in [0.25, 0.3) is 0 Å². The summed E-state index contributed by atoms with van der Waals surface area (Å²) >= 11 is 0. The normalized spacial score (nSPS) is 10.6. The van der Waals surface area contributed by atoms with E-state index in [1.54, 1.807) is 0 Å². The molecule has 2 rings (SSSR count). The number of aryl methyl sites for hydroxylation is 2. The number of hydrogen-bond acceptors (Lipinski definition) is 5. The van der Waals surface area contributed by atoms with Gasteiger partial charge in [-0.05, 0) is 36.8 Å². The molecule has 0 fully saturated rings. The number of ether oxygens (including phenoxy) is 2. The lowest BCUT2D eigenvalue weighted by Gasteiger charge is -2.12. The Hall–Kier alpha value is -2.66. The van der Waals surface area contributed by atoms with Gasteiger partial charge in [0, 0.05) is 12.8 Å². The Labute approximate surface area is 166 Å². The third-order valence-electron chi connectivity index (χ3n) is 4.25. The topological polar surface area (TPSA) is 72.8 Å². The summed E-state index contributed by atoms with van der Waals surface area (Å²) in [5.41, 5.74) is 2.35. The van der Waals surface area contributed by atoms with Gasteiger partial charge in [-0.25, -0.2) is 0 Å². The first-order chi connectivity index (χ1) is 13.6. The third kappa shape index (κ3) is 9.33. The minimum absolute atomic E-state index is 0.165. The quantitative estimate of drug-likeness (QED) is 0.567. The molecule has 0 atom stereocenters. The van der Waals surface area contributed by atoms with Gasteiger partial charge in [0.05, 0.1) is 0 Å². The highest BCUT2D eigenvalue weighted by Crippen LogP contribution is 2.07. The molecule has 28 heavy (non-hydrogen) atoms. The molecule has 2 aromatic rings. The van der Waals surface area contributed by atoms with E-state index in [1.165, 1.54) is 11.1 Å². The first-order valence-electron chi connectivity index (χ1n) is 9.70. The fourth-order valence-electron chi connectivity index (χ4n) is 2.73. The molecule has 0 saturated carbocycles. The van der Waals surface area contributed by atoms with Crippen molar-refractivity contribution in [1.29, 1.82) is 0 Å². The number of carbonyl (C=O) groups is 2. The van der Waals surface area contributed by atoms with Crippen LogP contribution in [-0.2, 0) is 31.9 Å². The predicted octanol–water partition coefficient (Wildman–Crippen LogP) is 3.48. The Balaban J connectivity index is 1.49. The molecule has 0 aliphatic heterocycles. The first kappa shape index (κ1) is 21.6. The zero-order valence-corrected chi connectivity index (χ0v) is 16.1. The second kappa shape index (κ2) is 12.7. The lowest BCUT2D eigenvalue weighted by atomic mass is 10.1. The van der Waals surface area contributed by atoms with Crippen molar-refractivity contribution < 1.29 is 24.2 Å². The number of aliphatic hydroxyl groups is 1. The third-order valence-corrected chi connectivity index (χ3v) is 4.25. The Morgan fingerprint density at radius 3 is 1.50 bits per heavy atom. The number of hydrogen-bond donors (Lipinski definition) is 1. The van der Waals surface area contributed by atoms with Crippen molar-refractivity contribution in [1.82, 2.24) is 0 Å². The number of carbonyl (C=O) groups excluding carboxylic acids is 2. The van der Waals surface area contributed by atoms with E-state index in [0.717, 1.165) is 12.8 Å². The van der Waals surface area contributed by atoms with Gasteiger partial charge < -0.3 is 14.6 Å². The summed E-state index contributed by atoms with van der Waals surface area (Å²) in [6.07, 6.45) is 2.57. The summed E-state index contributed by atoms with van der Waals surface area (Å²) in [5.74, 6) is -0.715. The van der Waals surface area contributed by atoms with E-state index in [1.807, 2.05) is 60.7 Å². The lowest BCUT2D eigenvalue weighted by Crippen LogP contribution is -2.25. The van der Waals surface area contributed by atoms with Crippen molar-refractivity contribution in [2.45, 2.75) is 44.6 Å². The van der Waals surface area contributed by atoms with Crippen LogP contribution < -0.4 is 0 Å². The molecular formula is C23H28O5. The summed E-state index contributed by atoms with van der Waals surface area (Å²) in [5, 5.41) is 9.80. The van der Waals surface area contributed by atoms with Crippen LogP contribution in [0.2, 0.25) is 0 Å². The molecule has 5 heteroatoms. The highest BCUT2D eigenvalue weighted by molar-refractivity contribution is 5.69. The molecule has 2 aromatic carbocycles. The van der Waals surface area contributed by atoms with Crippen molar-refractivity contribution in [2.75, 3.05) is 13.2 Å². The molecule has 0 radical (unpaired) electrons. The van der Waals surface area contributed by atoms with E-state index in [2.05, 4.69) is 0 Å². The fourth-order valence-corrected chi connectivity index (χ4v) is 2.73. The molecule has 0 aromatic heterocycles. The van der Waals surface area contributed by atoms with Crippen molar-refractivity contribution in [3.05, 3.63) is 71.8 Å². The lowest BCUT2D eigenvalue weighted by molar-refractivity contribution is -0.152. The molecule has 0 aliphatic carbocycles. The second-order valence-corrected chi connectivity index (χ2v) is 6.70. The number of aliphatic hydroxyl groups excluding tert-OH is 1. The fraction of sp³-hybridized carbons (Fsp3) is 0.391. The zero-order chi connectivity index (χ0) is 20.0. The van der Waals surface area contributed by atoms with Crippen LogP contribution in [0.5, 0.6) is 0 Å². The van der Waals surface area contributed by atoms with Gasteiger partial charge >= 0.3 is 11.9 Å². The molecule has 0 heterocycles. The van der Waals surface area contributed by atoms with Crippen molar-refractivity contribution >= 4 is 11.9 Å². The first-order valence-corrected chi connectivity index (χ1v) is 9.70. The number of esters is 2. The summed E-state index contributed by atoms with van der Waals surface area (Å²) in [4.78, 5) is 23.4. The summed E-state index contributed by atoms with van der Waals surface area (Å²) < 4.78 is 10.1. The van der Waals surface area contributed by atoms with Crippen molar-refractivity contribution in [3.63, 3.8) is 0 Å². The van der Waals surface area contributed by atoms with Gasteiger partial charge in [-0.1, -0.05) is 60.7 Å². The highest BCUT2D eigenvalue weighted by Gasteiger charge is 2.12. The van der Waals surface area contributed by atoms with Crippen molar-refractivity contribution in [3.8, 4) is 0 Å². The van der Waals surface area contributed by atoms with Crippen LogP contribution >= 0.6 is 0 Å². The van der Waals surface area contributed by atoms with Gasteiger partial charge in [0.25, 0.3) is 0 Å². The largest absolute Gasteiger partial charge is 0.463 e. The van der Waals surface area contributed by atoms with Crippen LogP contribution in [-0.4, -0.2) is 36.4 Å². The summed E-state index contributed by atoms with van der Waals surface area (Å²) in [6.45, 7) is -0.330. The maximum absolute atomic E-state index is 11.7. The monoisotopic (exact) mass is 384 g/mol. The van der Waals surface area contributed by atoms with E-state index >= 15 is 0 Å². The van der Waals surface area contributed by atoms with E-state index in [4.69, 9.17) is 9.47 Å². The predicted molar refractivity (Wildman–Crippen MR) is 107 cm³/mol. The van der Waals surface area contributed by atoms with Gasteiger partial charge in [-0.15, -0.1) is 0 Å². The number of rotatable bonds is 12. The van der Waals surface area contributed by atoms with Gasteiger partial charge in [-0.2, -0.15) is 0 Å². The highest BCUT2D eigenvalue weighted by atomic mass is 16.6. The minimum Gasteiger partial charge on any atom is -0.463 e. The van der Waals surface area contributed by atoms with Crippen LogP contribution in [0.1, 0.15) is 36.8 Å². The van der Waals surface area contributed by atoms with E-state index in [-0.39, 0.29) is 25.2 Å². The SMILES string of the molecule is O=C(CCCc1ccccc1)OCC(O)COC(=O)CCCc1ccccc1. The molecule has 1 N–H and O–H groups in total. The van der Waals surface area contributed by atoms with E-state index < -0.39 is 6.10 Å². The smallest absolute Gasteiger partial charge is 0.305 e. The van der Waals surface area contributed by atoms with Crippen LogP contribution in [0, 0.1) is 0 Å². The van der Waals surface area contributed by atoms with E-state index in [0.29, 0.717) is 25.7 Å². The second-order valence-electron chi connectivity index (χ2n) is 6.70. The van der Waals surface area contributed by atoms with Gasteiger partial charge in [-0.3, -0.25) is 9.59 Å². The molecule has 0 unspecified atom stereocenters. The van der Waals surface area contributed by atoms with Crippen LogP contribution in [0.3, 0.4) is 0 Å². The molecule has 150 valence electrons. The standard InChI is InChI=1S/C23H28O5/c24-21(17-27-22(25)15-7-13-19-9-3-1-4-10-19)18-28-23(26)16-8-14-20-11-5-2-6-12-20/h1-6,9-12,21,24H,7-8,13-18H2. The van der Waals surface area contributed by atoms with Crippen LogP contribution in [0.15, 0.2) is 60.7 Å². The molecule has 5 nitrogen and oxygen atoms in total. The Kier molecular flexibility index (Phi) is 9.80. The Morgan fingerprint density at radius 1 is 0.714 bits per heavy atom. The molecule has 0 saturated heterocycles. The van der Waals surface area contributed by atoms with Gasteiger partial charge in [0.15, 0.2) is 0 Å². The van der Waals surface area contributed by atoms with Gasteiger partial charge in [0.2, 0.25) is 0 Å². The molecular weight excluding hydrogens is 356 g/mol. The molecule has 0 amide bonds. The van der Waals surface area contributed by atoms with Crippen LogP contribution in [0.4, 0.5) is 0 Å².